The molecule has 0 radical (unpaired) electrons. The van der Waals surface area contributed by atoms with Gasteiger partial charge < -0.3 is 5.32 Å². The summed E-state index contributed by atoms with van der Waals surface area (Å²) in [5.74, 6) is 0.385. The van der Waals surface area contributed by atoms with Crippen LogP contribution in [-0.4, -0.2) is 17.9 Å². The number of rotatable bonds is 3. The Hall–Kier alpha value is -0.0800. The van der Waals surface area contributed by atoms with Crippen LogP contribution in [0.1, 0.15) is 34.6 Å². The van der Waals surface area contributed by atoms with Gasteiger partial charge in [-0.1, -0.05) is 6.92 Å². The number of nitrogens with one attached hydrogen (secondary N) is 1. The van der Waals surface area contributed by atoms with Crippen molar-refractivity contribution >= 4 is 18.2 Å². The highest BCUT2D eigenvalue weighted by atomic mass is 35.5. The van der Waals surface area contributed by atoms with Crippen molar-refractivity contribution in [2.45, 2.75) is 40.2 Å². The van der Waals surface area contributed by atoms with Gasteiger partial charge in [0, 0.05) is 18.0 Å². The molecule has 0 aromatic heterocycles. The van der Waals surface area contributed by atoms with Crippen LogP contribution in [0, 0.1) is 5.92 Å². The Labute approximate surface area is 81.5 Å². The van der Waals surface area contributed by atoms with Crippen LogP contribution < -0.4 is 5.32 Å². The molecule has 0 heterocycles. The van der Waals surface area contributed by atoms with Crippen molar-refractivity contribution in [3.05, 3.63) is 0 Å². The standard InChI is InChI=1S/C9H19NO.ClH/c1-7(8(2)11)6-10-9(3,4)5;/h7,10H,6H2,1-5H3;1H. The van der Waals surface area contributed by atoms with Crippen molar-refractivity contribution in [2.24, 2.45) is 5.92 Å². The predicted molar refractivity (Wildman–Crippen MR) is 54.8 cm³/mol. The van der Waals surface area contributed by atoms with Crippen molar-refractivity contribution in [2.75, 3.05) is 6.54 Å². The molecule has 1 unspecified atom stereocenters. The molecule has 0 bridgehead atoms. The molecule has 0 saturated heterocycles. The minimum atomic E-state index is 0. The molecule has 0 saturated carbocycles. The Bertz CT molecular complexity index is 140. The van der Waals surface area contributed by atoms with E-state index in [9.17, 15) is 4.79 Å². The Morgan fingerprint density at radius 1 is 1.42 bits per heavy atom. The molecule has 2 nitrogen and oxygen atoms in total. The summed E-state index contributed by atoms with van der Waals surface area (Å²) in [5, 5.41) is 3.28. The second-order valence-corrected chi connectivity index (χ2v) is 4.14. The molecule has 0 aliphatic carbocycles. The molecule has 0 aliphatic rings. The number of Topliss-reactive ketones (excluding diaryl/α,β-unsaturated/α-hetero) is 1. The van der Waals surface area contributed by atoms with E-state index in [1.54, 1.807) is 6.92 Å². The zero-order valence-electron chi connectivity index (χ0n) is 8.60. The lowest BCUT2D eigenvalue weighted by Crippen LogP contribution is -2.39. The van der Waals surface area contributed by atoms with Gasteiger partial charge in [0.1, 0.15) is 5.78 Å². The lowest BCUT2D eigenvalue weighted by molar-refractivity contribution is -0.120. The molecule has 74 valence electrons. The predicted octanol–water partition coefficient (Wildman–Crippen LogP) is 2.02. The fraction of sp³-hybridized carbons (Fsp3) is 0.889. The van der Waals surface area contributed by atoms with E-state index in [1.807, 2.05) is 6.92 Å². The van der Waals surface area contributed by atoms with E-state index in [4.69, 9.17) is 0 Å². The van der Waals surface area contributed by atoms with Crippen molar-refractivity contribution in [3.63, 3.8) is 0 Å². The molecular formula is C9H20ClNO. The van der Waals surface area contributed by atoms with Crippen LogP contribution in [0.2, 0.25) is 0 Å². The monoisotopic (exact) mass is 193 g/mol. The lowest BCUT2D eigenvalue weighted by Gasteiger charge is -2.22. The zero-order valence-corrected chi connectivity index (χ0v) is 9.42. The van der Waals surface area contributed by atoms with Gasteiger partial charge in [-0.2, -0.15) is 0 Å². The van der Waals surface area contributed by atoms with Gasteiger partial charge in [-0.05, 0) is 27.7 Å². The van der Waals surface area contributed by atoms with Crippen LogP contribution in [0.3, 0.4) is 0 Å². The maximum Gasteiger partial charge on any atom is 0.133 e. The summed E-state index contributed by atoms with van der Waals surface area (Å²) in [7, 11) is 0. The summed E-state index contributed by atoms with van der Waals surface area (Å²) in [6.45, 7) is 10.6. The molecule has 1 N–H and O–H groups in total. The maximum atomic E-state index is 10.8. The van der Waals surface area contributed by atoms with Gasteiger partial charge in [-0.15, -0.1) is 12.4 Å². The van der Waals surface area contributed by atoms with Gasteiger partial charge >= 0.3 is 0 Å². The van der Waals surface area contributed by atoms with Crippen LogP contribution in [-0.2, 0) is 4.79 Å². The summed E-state index contributed by atoms with van der Waals surface area (Å²) in [6, 6.07) is 0. The van der Waals surface area contributed by atoms with E-state index < -0.39 is 0 Å². The molecule has 0 aliphatic heterocycles. The number of ketones is 1. The van der Waals surface area contributed by atoms with E-state index in [0.717, 1.165) is 6.54 Å². The first-order valence-electron chi connectivity index (χ1n) is 4.08. The van der Waals surface area contributed by atoms with Gasteiger partial charge in [0.05, 0.1) is 0 Å². The Morgan fingerprint density at radius 2 is 1.83 bits per heavy atom. The Morgan fingerprint density at radius 3 is 2.08 bits per heavy atom. The van der Waals surface area contributed by atoms with Crippen molar-refractivity contribution in [1.29, 1.82) is 0 Å². The van der Waals surface area contributed by atoms with E-state index in [2.05, 4.69) is 26.1 Å². The van der Waals surface area contributed by atoms with Crippen LogP contribution in [0.5, 0.6) is 0 Å². The van der Waals surface area contributed by atoms with Crippen LogP contribution in [0.15, 0.2) is 0 Å². The second-order valence-electron chi connectivity index (χ2n) is 4.14. The van der Waals surface area contributed by atoms with Crippen molar-refractivity contribution in [1.82, 2.24) is 5.32 Å². The number of halogens is 1. The zero-order chi connectivity index (χ0) is 9.07. The topological polar surface area (TPSA) is 29.1 Å². The molecule has 1 atom stereocenters. The molecule has 0 rings (SSSR count). The SMILES string of the molecule is CC(=O)C(C)CNC(C)(C)C.Cl. The highest BCUT2D eigenvalue weighted by Crippen LogP contribution is 2.01. The number of carbonyl (C=O) groups excluding carboxylic acids is 1. The van der Waals surface area contributed by atoms with E-state index in [-0.39, 0.29) is 29.6 Å². The largest absolute Gasteiger partial charge is 0.311 e. The van der Waals surface area contributed by atoms with Gasteiger partial charge in [0.2, 0.25) is 0 Å². The summed E-state index contributed by atoms with van der Waals surface area (Å²) >= 11 is 0. The first kappa shape index (κ1) is 14.4. The average molecular weight is 194 g/mol. The Kier molecular flexibility index (Phi) is 6.68. The summed E-state index contributed by atoms with van der Waals surface area (Å²) in [4.78, 5) is 10.8. The third-order valence-corrected chi connectivity index (χ3v) is 1.63. The number of hydrogen-bond acceptors (Lipinski definition) is 2. The first-order chi connectivity index (χ1) is 4.83. The Balaban J connectivity index is 0. The smallest absolute Gasteiger partial charge is 0.133 e. The third kappa shape index (κ3) is 8.02. The normalized spacial score (nSPS) is 13.4. The highest BCUT2D eigenvalue weighted by molar-refractivity contribution is 5.85. The molecule has 0 amide bonds. The minimum absolute atomic E-state index is 0. The molecule has 0 fully saturated rings. The van der Waals surface area contributed by atoms with Crippen molar-refractivity contribution < 1.29 is 4.79 Å². The van der Waals surface area contributed by atoms with Crippen molar-refractivity contribution in [3.8, 4) is 0 Å². The minimum Gasteiger partial charge on any atom is -0.311 e. The quantitative estimate of drug-likeness (QED) is 0.743. The molecule has 0 aromatic carbocycles. The maximum absolute atomic E-state index is 10.8. The first-order valence-corrected chi connectivity index (χ1v) is 4.08. The fourth-order valence-corrected chi connectivity index (χ4v) is 0.603. The second kappa shape index (κ2) is 5.55. The van der Waals surface area contributed by atoms with Crippen LogP contribution in [0.25, 0.3) is 0 Å². The molecule has 0 aromatic rings. The average Bonchev–Trinajstić information content (AvgIpc) is 1.80. The van der Waals surface area contributed by atoms with Crippen LogP contribution in [0.4, 0.5) is 0 Å². The molecule has 0 spiro atoms. The van der Waals surface area contributed by atoms with Gasteiger partial charge in [-0.3, -0.25) is 4.79 Å². The van der Waals surface area contributed by atoms with Gasteiger partial charge in [0.25, 0.3) is 0 Å². The van der Waals surface area contributed by atoms with Gasteiger partial charge in [-0.25, -0.2) is 0 Å². The highest BCUT2D eigenvalue weighted by Gasteiger charge is 2.12. The summed E-state index contributed by atoms with van der Waals surface area (Å²) < 4.78 is 0. The van der Waals surface area contributed by atoms with E-state index in [0.29, 0.717) is 0 Å². The van der Waals surface area contributed by atoms with Crippen LogP contribution >= 0.6 is 12.4 Å². The summed E-state index contributed by atoms with van der Waals surface area (Å²) in [5.41, 5.74) is 0.115. The fourth-order valence-electron chi connectivity index (χ4n) is 0.603. The summed E-state index contributed by atoms with van der Waals surface area (Å²) in [6.07, 6.45) is 0. The van der Waals surface area contributed by atoms with E-state index >= 15 is 0 Å². The molecular weight excluding hydrogens is 174 g/mol. The van der Waals surface area contributed by atoms with Gasteiger partial charge in [0.15, 0.2) is 0 Å². The third-order valence-electron chi connectivity index (χ3n) is 1.63. The number of carbonyl (C=O) groups is 1. The number of hydrogen-bond donors (Lipinski definition) is 1. The lowest BCUT2D eigenvalue weighted by atomic mass is 10.0. The molecule has 12 heavy (non-hydrogen) atoms. The molecule has 3 heteroatoms. The van der Waals surface area contributed by atoms with E-state index in [1.165, 1.54) is 0 Å².